The molecule has 11 heteroatoms. The number of phenols is 3. The van der Waals surface area contributed by atoms with E-state index in [2.05, 4.69) is 15.0 Å². The highest BCUT2D eigenvalue weighted by molar-refractivity contribution is 6.08. The molecule has 1 heterocycles. The van der Waals surface area contributed by atoms with Crippen molar-refractivity contribution in [1.29, 1.82) is 0 Å². The van der Waals surface area contributed by atoms with E-state index in [-0.39, 0.29) is 64.5 Å². The van der Waals surface area contributed by atoms with E-state index in [1.807, 2.05) is 4.90 Å². The number of carboxylic acid groups (broad SMARTS) is 1. The summed E-state index contributed by atoms with van der Waals surface area (Å²) in [7, 11) is 0. The summed E-state index contributed by atoms with van der Waals surface area (Å²) in [6.45, 7) is 1.39. The first-order valence-corrected chi connectivity index (χ1v) is 9.43. The van der Waals surface area contributed by atoms with E-state index in [4.69, 9.17) is 10.2 Å². The van der Waals surface area contributed by atoms with E-state index in [9.17, 15) is 25.2 Å². The van der Waals surface area contributed by atoms with Gasteiger partial charge in [-0.15, -0.1) is 0 Å². The lowest BCUT2D eigenvalue weighted by Crippen LogP contribution is -2.32. The molecule has 0 atom stereocenters. The lowest BCUT2D eigenvalue weighted by atomic mass is 10.1. The maximum absolute atomic E-state index is 11.5. The third-order valence-corrected chi connectivity index (χ3v) is 4.68. The number of phenolic OH excluding ortho intramolecular Hbond substituents is 3. The fourth-order valence-corrected chi connectivity index (χ4v) is 3.16. The lowest BCUT2D eigenvalue weighted by Gasteiger charge is -2.18. The SMILES string of the molecule is O=C(O)c1ccc(O)c2nc3c(C=NCCN(CCO)CCO)c(O)cc(O)c3nc12. The number of aliphatic imine (C=N–C) groups is 1. The lowest BCUT2D eigenvalue weighted by molar-refractivity contribution is 0.0698. The molecule has 3 aromatic rings. The molecule has 0 saturated heterocycles. The smallest absolute Gasteiger partial charge is 0.337 e. The van der Waals surface area contributed by atoms with E-state index in [1.165, 1.54) is 18.3 Å². The molecule has 0 fully saturated rings. The number of nitrogens with zero attached hydrogens (tertiary/aromatic N) is 4. The van der Waals surface area contributed by atoms with Crippen molar-refractivity contribution in [3.63, 3.8) is 0 Å². The van der Waals surface area contributed by atoms with E-state index in [0.717, 1.165) is 6.07 Å². The average molecular weight is 430 g/mol. The number of rotatable bonds is 9. The minimum Gasteiger partial charge on any atom is -0.507 e. The summed E-state index contributed by atoms with van der Waals surface area (Å²) >= 11 is 0. The zero-order valence-electron chi connectivity index (χ0n) is 16.4. The Morgan fingerprint density at radius 2 is 1.55 bits per heavy atom. The highest BCUT2D eigenvalue weighted by atomic mass is 16.4. The van der Waals surface area contributed by atoms with Gasteiger partial charge in [0.2, 0.25) is 0 Å². The zero-order valence-corrected chi connectivity index (χ0v) is 16.4. The molecule has 164 valence electrons. The fourth-order valence-electron chi connectivity index (χ4n) is 3.16. The van der Waals surface area contributed by atoms with Crippen LogP contribution in [0.15, 0.2) is 23.2 Å². The molecule has 0 bridgehead atoms. The molecule has 1 aromatic heterocycles. The van der Waals surface area contributed by atoms with Crippen molar-refractivity contribution in [2.45, 2.75) is 0 Å². The van der Waals surface area contributed by atoms with Crippen LogP contribution in [0.1, 0.15) is 15.9 Å². The van der Waals surface area contributed by atoms with Gasteiger partial charge in [-0.3, -0.25) is 9.89 Å². The third-order valence-electron chi connectivity index (χ3n) is 4.68. The largest absolute Gasteiger partial charge is 0.507 e. The Morgan fingerprint density at radius 3 is 2.19 bits per heavy atom. The normalized spacial score (nSPS) is 11.8. The molecule has 0 aliphatic heterocycles. The summed E-state index contributed by atoms with van der Waals surface area (Å²) in [5.41, 5.74) is -0.274. The molecular formula is C20H22N4O7. The van der Waals surface area contributed by atoms with Crippen LogP contribution in [0.5, 0.6) is 17.2 Å². The summed E-state index contributed by atoms with van der Waals surface area (Å²) in [5, 5.41) is 58.1. The number of carbonyl (C=O) groups is 1. The van der Waals surface area contributed by atoms with E-state index in [0.29, 0.717) is 19.6 Å². The molecule has 6 N–H and O–H groups in total. The van der Waals surface area contributed by atoms with Crippen LogP contribution in [-0.2, 0) is 0 Å². The van der Waals surface area contributed by atoms with Gasteiger partial charge in [0.25, 0.3) is 0 Å². The first kappa shape index (κ1) is 22.2. The number of carboxylic acids is 1. The Labute approximate surface area is 176 Å². The quantitative estimate of drug-likeness (QED) is 0.204. The van der Waals surface area contributed by atoms with Crippen LogP contribution < -0.4 is 0 Å². The van der Waals surface area contributed by atoms with Crippen molar-refractivity contribution >= 4 is 34.3 Å². The van der Waals surface area contributed by atoms with Gasteiger partial charge in [-0.2, -0.15) is 0 Å². The molecule has 0 aliphatic carbocycles. The van der Waals surface area contributed by atoms with Crippen molar-refractivity contribution < 1.29 is 35.4 Å². The average Bonchev–Trinajstić information content (AvgIpc) is 2.72. The predicted molar refractivity (Wildman–Crippen MR) is 112 cm³/mol. The first-order chi connectivity index (χ1) is 14.9. The molecule has 0 saturated carbocycles. The second-order valence-corrected chi connectivity index (χ2v) is 6.71. The number of aromatic hydroxyl groups is 3. The monoisotopic (exact) mass is 430 g/mol. The third kappa shape index (κ3) is 4.63. The number of aliphatic hydroxyl groups excluding tert-OH is 2. The van der Waals surface area contributed by atoms with Crippen LogP contribution in [0.2, 0.25) is 0 Å². The molecule has 2 aromatic carbocycles. The number of aromatic carboxylic acids is 1. The highest BCUT2D eigenvalue weighted by Crippen LogP contribution is 2.35. The van der Waals surface area contributed by atoms with Crippen molar-refractivity contribution in [3.8, 4) is 17.2 Å². The van der Waals surface area contributed by atoms with Crippen LogP contribution in [0.3, 0.4) is 0 Å². The molecule has 0 spiro atoms. The molecule has 3 rings (SSSR count). The van der Waals surface area contributed by atoms with Gasteiger partial charge in [-0.1, -0.05) is 0 Å². The van der Waals surface area contributed by atoms with Gasteiger partial charge in [-0.25, -0.2) is 14.8 Å². The maximum Gasteiger partial charge on any atom is 0.337 e. The van der Waals surface area contributed by atoms with Crippen LogP contribution in [0, 0.1) is 0 Å². The van der Waals surface area contributed by atoms with Gasteiger partial charge in [0.1, 0.15) is 39.3 Å². The number of aliphatic hydroxyl groups is 2. The van der Waals surface area contributed by atoms with Gasteiger partial charge < -0.3 is 30.6 Å². The van der Waals surface area contributed by atoms with Crippen LogP contribution in [0.25, 0.3) is 22.1 Å². The Balaban J connectivity index is 2.05. The number of benzene rings is 2. The fraction of sp³-hybridized carbons (Fsp3) is 0.300. The van der Waals surface area contributed by atoms with Crippen molar-refractivity contribution in [2.24, 2.45) is 4.99 Å². The predicted octanol–water partition coefficient (Wildman–Crippen LogP) is 0.303. The molecule has 0 unspecified atom stereocenters. The zero-order chi connectivity index (χ0) is 22.5. The van der Waals surface area contributed by atoms with Crippen molar-refractivity contribution in [1.82, 2.24) is 14.9 Å². The Hall–Kier alpha value is -3.54. The molecule has 11 nitrogen and oxygen atoms in total. The highest BCUT2D eigenvalue weighted by Gasteiger charge is 2.19. The van der Waals surface area contributed by atoms with E-state index >= 15 is 0 Å². The van der Waals surface area contributed by atoms with Gasteiger partial charge in [0.15, 0.2) is 0 Å². The first-order valence-electron chi connectivity index (χ1n) is 9.43. The van der Waals surface area contributed by atoms with Gasteiger partial charge in [0.05, 0.1) is 30.9 Å². The number of fused-ring (bicyclic) bond motifs is 2. The standard InChI is InChI=1S/C20H22N4O7/c25-7-5-24(6-8-26)4-3-21-10-12-14(28)9-15(29)19-17(12)23-18-13(27)2-1-11(20(30)31)16(18)22-19/h1-2,9-10,25-29H,3-8H2,(H,30,31). The minimum absolute atomic E-state index is 0.0363. The molecule has 0 amide bonds. The summed E-state index contributed by atoms with van der Waals surface area (Å²) < 4.78 is 0. The second kappa shape index (κ2) is 9.51. The summed E-state index contributed by atoms with van der Waals surface area (Å²) in [5.74, 6) is -2.30. The van der Waals surface area contributed by atoms with Gasteiger partial charge in [-0.05, 0) is 12.1 Å². The summed E-state index contributed by atoms with van der Waals surface area (Å²) in [4.78, 5) is 26.0. The Bertz CT molecular complexity index is 1140. The van der Waals surface area contributed by atoms with Crippen LogP contribution in [-0.4, -0.2) is 97.1 Å². The van der Waals surface area contributed by atoms with Gasteiger partial charge >= 0.3 is 5.97 Å². The van der Waals surface area contributed by atoms with Crippen molar-refractivity contribution in [3.05, 3.63) is 29.3 Å². The topological polar surface area (TPSA) is 180 Å². The Morgan fingerprint density at radius 1 is 0.903 bits per heavy atom. The minimum atomic E-state index is -1.27. The summed E-state index contributed by atoms with van der Waals surface area (Å²) in [6.07, 6.45) is 1.34. The molecule has 0 radical (unpaired) electrons. The maximum atomic E-state index is 11.5. The molecule has 0 aliphatic rings. The van der Waals surface area contributed by atoms with Crippen molar-refractivity contribution in [2.75, 3.05) is 39.4 Å². The summed E-state index contributed by atoms with van der Waals surface area (Å²) in [6, 6.07) is 3.42. The van der Waals surface area contributed by atoms with Crippen LogP contribution in [0.4, 0.5) is 0 Å². The van der Waals surface area contributed by atoms with E-state index < -0.39 is 11.7 Å². The van der Waals surface area contributed by atoms with E-state index in [1.54, 1.807) is 0 Å². The molecular weight excluding hydrogens is 408 g/mol. The Kier molecular flexibility index (Phi) is 6.80. The van der Waals surface area contributed by atoms with Crippen LogP contribution >= 0.6 is 0 Å². The van der Waals surface area contributed by atoms with Gasteiger partial charge in [0, 0.05) is 31.9 Å². The number of hydrogen-bond donors (Lipinski definition) is 6. The number of aromatic nitrogens is 2. The number of hydrogen-bond acceptors (Lipinski definition) is 10. The molecule has 31 heavy (non-hydrogen) atoms. The second-order valence-electron chi connectivity index (χ2n) is 6.71.